The Kier molecular flexibility index (Phi) is 4.58. The van der Waals surface area contributed by atoms with Gasteiger partial charge in [-0.15, -0.1) is 0 Å². The van der Waals surface area contributed by atoms with Gasteiger partial charge < -0.3 is 10.2 Å². The van der Waals surface area contributed by atoms with Gasteiger partial charge in [0.05, 0.1) is 22.7 Å². The predicted octanol–water partition coefficient (Wildman–Crippen LogP) is 4.58. The smallest absolute Gasteiger partial charge is 0.175 e. The molecule has 0 aliphatic carbocycles. The number of para-hydroxylation sites is 3. The maximum absolute atomic E-state index is 9.77. The number of nitriles is 1. The van der Waals surface area contributed by atoms with Crippen LogP contribution in [0, 0.1) is 11.3 Å². The molecule has 33 heavy (non-hydrogen) atoms. The van der Waals surface area contributed by atoms with Gasteiger partial charge in [-0.1, -0.05) is 30.3 Å². The van der Waals surface area contributed by atoms with Gasteiger partial charge in [-0.3, -0.25) is 0 Å². The van der Waals surface area contributed by atoms with Gasteiger partial charge in [0.25, 0.3) is 0 Å². The van der Waals surface area contributed by atoms with Crippen LogP contribution in [0.15, 0.2) is 66.9 Å². The van der Waals surface area contributed by atoms with Crippen molar-refractivity contribution in [2.45, 2.75) is 12.8 Å². The Morgan fingerprint density at radius 2 is 1.55 bits per heavy atom. The van der Waals surface area contributed by atoms with Crippen molar-refractivity contribution in [1.29, 1.82) is 5.26 Å². The summed E-state index contributed by atoms with van der Waals surface area (Å²) in [5, 5.41) is 18.6. The van der Waals surface area contributed by atoms with Crippen molar-refractivity contribution in [3.63, 3.8) is 0 Å². The van der Waals surface area contributed by atoms with E-state index in [1.165, 1.54) is 0 Å². The highest BCUT2D eigenvalue weighted by Gasteiger charge is 2.22. The second-order valence-electron chi connectivity index (χ2n) is 8.00. The van der Waals surface area contributed by atoms with Crippen LogP contribution in [0.3, 0.4) is 0 Å². The number of benzene rings is 2. The molecule has 0 unspecified atom stereocenters. The van der Waals surface area contributed by atoms with E-state index in [2.05, 4.69) is 21.4 Å². The Balaban J connectivity index is 1.49. The molecule has 6 rings (SSSR count). The molecule has 0 spiro atoms. The quantitative estimate of drug-likeness (QED) is 0.444. The average molecular weight is 432 g/mol. The second-order valence-corrected chi connectivity index (χ2v) is 8.00. The average Bonchev–Trinajstić information content (AvgIpc) is 3.54. The van der Waals surface area contributed by atoms with Crippen LogP contribution in [-0.2, 0) is 0 Å². The van der Waals surface area contributed by atoms with Crippen molar-refractivity contribution in [3.05, 3.63) is 72.4 Å². The summed E-state index contributed by atoms with van der Waals surface area (Å²) in [5.74, 6) is 2.53. The Morgan fingerprint density at radius 3 is 2.33 bits per heavy atom. The van der Waals surface area contributed by atoms with Gasteiger partial charge in [-0.25, -0.2) is 15.0 Å². The number of nitrogens with zero attached hydrogens (tertiary/aromatic N) is 7. The first-order valence-corrected chi connectivity index (χ1v) is 10.9. The summed E-state index contributed by atoms with van der Waals surface area (Å²) in [4.78, 5) is 16.8. The molecule has 0 saturated carbocycles. The molecule has 1 N–H and O–H groups in total. The zero-order valence-electron chi connectivity index (χ0n) is 17.8. The Morgan fingerprint density at radius 1 is 0.818 bits per heavy atom. The third-order valence-corrected chi connectivity index (χ3v) is 5.88. The van der Waals surface area contributed by atoms with Crippen molar-refractivity contribution in [1.82, 2.24) is 24.7 Å². The molecule has 1 fully saturated rings. The van der Waals surface area contributed by atoms with E-state index in [9.17, 15) is 5.26 Å². The van der Waals surface area contributed by atoms with Crippen LogP contribution in [0.5, 0.6) is 0 Å². The number of hydrogen-bond acceptors (Lipinski definition) is 7. The van der Waals surface area contributed by atoms with Crippen molar-refractivity contribution >= 4 is 39.4 Å². The summed E-state index contributed by atoms with van der Waals surface area (Å²) in [6, 6.07) is 21.9. The van der Waals surface area contributed by atoms with Crippen LogP contribution in [0.25, 0.3) is 27.8 Å². The van der Waals surface area contributed by atoms with Gasteiger partial charge in [0.2, 0.25) is 0 Å². The molecule has 8 heteroatoms. The topological polar surface area (TPSA) is 95.5 Å². The van der Waals surface area contributed by atoms with Crippen molar-refractivity contribution in [2.24, 2.45) is 0 Å². The number of pyridine rings is 1. The lowest BCUT2D eigenvalue weighted by Crippen LogP contribution is -2.21. The summed E-state index contributed by atoms with van der Waals surface area (Å²) in [6.45, 7) is 1.86. The first-order chi connectivity index (χ1) is 16.3. The molecule has 4 heterocycles. The molecular weight excluding hydrogens is 412 g/mol. The normalized spacial score (nSPS) is 13.5. The third-order valence-electron chi connectivity index (χ3n) is 5.88. The van der Waals surface area contributed by atoms with Crippen LogP contribution in [0.1, 0.15) is 18.4 Å². The molecule has 5 aromatic rings. The SMILES string of the molecule is N#Cc1cnn(-c2ccc3ccccc3n2)c1Nc1nc2ccccc2nc1N1CCCC1. The predicted molar refractivity (Wildman–Crippen MR) is 128 cm³/mol. The zero-order valence-corrected chi connectivity index (χ0v) is 17.8. The van der Waals surface area contributed by atoms with E-state index in [1.807, 2.05) is 60.7 Å². The molecule has 1 aliphatic rings. The summed E-state index contributed by atoms with van der Waals surface area (Å²) in [5.41, 5.74) is 2.90. The first kappa shape index (κ1) is 19.2. The fourth-order valence-corrected chi connectivity index (χ4v) is 4.23. The number of rotatable bonds is 4. The molecule has 1 aliphatic heterocycles. The number of aromatic nitrogens is 5. The van der Waals surface area contributed by atoms with E-state index in [0.29, 0.717) is 23.0 Å². The molecule has 160 valence electrons. The molecule has 3 aromatic heterocycles. The highest BCUT2D eigenvalue weighted by molar-refractivity contribution is 5.83. The van der Waals surface area contributed by atoms with E-state index >= 15 is 0 Å². The maximum Gasteiger partial charge on any atom is 0.175 e. The summed E-state index contributed by atoms with van der Waals surface area (Å²) < 4.78 is 1.65. The minimum atomic E-state index is 0.410. The lowest BCUT2D eigenvalue weighted by atomic mass is 10.2. The van der Waals surface area contributed by atoms with Crippen molar-refractivity contribution < 1.29 is 0 Å². The van der Waals surface area contributed by atoms with E-state index in [-0.39, 0.29) is 0 Å². The van der Waals surface area contributed by atoms with Gasteiger partial charge in [0, 0.05) is 18.5 Å². The Hall–Kier alpha value is -4.51. The summed E-state index contributed by atoms with van der Waals surface area (Å²) in [6.07, 6.45) is 3.79. The Bertz CT molecular complexity index is 1530. The van der Waals surface area contributed by atoms with Crippen molar-refractivity contribution in [2.75, 3.05) is 23.3 Å². The fraction of sp³-hybridized carbons (Fsp3) is 0.160. The minimum absolute atomic E-state index is 0.410. The molecule has 0 atom stereocenters. The molecule has 0 amide bonds. The molecule has 8 nitrogen and oxygen atoms in total. The number of fused-ring (bicyclic) bond motifs is 2. The van der Waals surface area contributed by atoms with Crippen LogP contribution >= 0.6 is 0 Å². The van der Waals surface area contributed by atoms with E-state index in [1.54, 1.807) is 10.9 Å². The van der Waals surface area contributed by atoms with Crippen LogP contribution in [0.4, 0.5) is 17.5 Å². The van der Waals surface area contributed by atoms with Gasteiger partial charge in [0.15, 0.2) is 23.3 Å². The Labute approximate surface area is 190 Å². The van der Waals surface area contributed by atoms with Crippen molar-refractivity contribution in [3.8, 4) is 11.9 Å². The molecular formula is C25H20N8. The van der Waals surface area contributed by atoms with Crippen LogP contribution in [0.2, 0.25) is 0 Å². The lowest BCUT2D eigenvalue weighted by molar-refractivity contribution is 0.858. The number of hydrogen-bond donors (Lipinski definition) is 1. The first-order valence-electron chi connectivity index (χ1n) is 10.9. The number of anilines is 3. The molecule has 2 aromatic carbocycles. The van der Waals surface area contributed by atoms with Gasteiger partial charge in [-0.2, -0.15) is 15.0 Å². The van der Waals surface area contributed by atoms with Crippen LogP contribution in [-0.4, -0.2) is 37.8 Å². The van der Waals surface area contributed by atoms with Crippen LogP contribution < -0.4 is 10.2 Å². The fourth-order valence-electron chi connectivity index (χ4n) is 4.23. The molecule has 1 saturated heterocycles. The zero-order chi connectivity index (χ0) is 22.2. The maximum atomic E-state index is 9.77. The summed E-state index contributed by atoms with van der Waals surface area (Å²) >= 11 is 0. The van der Waals surface area contributed by atoms with Gasteiger partial charge >= 0.3 is 0 Å². The molecule has 0 radical (unpaired) electrons. The lowest BCUT2D eigenvalue weighted by Gasteiger charge is -2.21. The molecule has 0 bridgehead atoms. The highest BCUT2D eigenvalue weighted by atomic mass is 15.4. The van der Waals surface area contributed by atoms with E-state index < -0.39 is 0 Å². The third kappa shape index (κ3) is 3.40. The largest absolute Gasteiger partial charge is 0.354 e. The second kappa shape index (κ2) is 7.88. The number of nitrogens with one attached hydrogen (secondary N) is 1. The highest BCUT2D eigenvalue weighted by Crippen LogP contribution is 2.32. The van der Waals surface area contributed by atoms with Gasteiger partial charge in [-0.05, 0) is 43.2 Å². The standard InChI is InChI=1S/C25H20N8/c26-15-18-16-27-33(22-12-11-17-7-1-2-8-19(17)28-22)24(18)31-23-25(32-13-5-6-14-32)30-21-10-4-3-9-20(21)29-23/h1-4,7-12,16H,5-6,13-14H2,(H,29,31). The summed E-state index contributed by atoms with van der Waals surface area (Å²) in [7, 11) is 0. The van der Waals surface area contributed by atoms with E-state index in [0.717, 1.165) is 53.7 Å². The monoisotopic (exact) mass is 432 g/mol. The van der Waals surface area contributed by atoms with Gasteiger partial charge in [0.1, 0.15) is 11.6 Å². The minimum Gasteiger partial charge on any atom is -0.354 e. The van der Waals surface area contributed by atoms with E-state index in [4.69, 9.17) is 15.0 Å².